The van der Waals surface area contributed by atoms with Gasteiger partial charge in [-0.05, 0) is 24.1 Å². The molecule has 118 valence electrons. The maximum Gasteiger partial charge on any atom is 0.180 e. The number of hydrogen-bond donors (Lipinski definition) is 1. The van der Waals surface area contributed by atoms with Gasteiger partial charge in [-0.25, -0.2) is 9.97 Å². The van der Waals surface area contributed by atoms with Crippen LogP contribution in [0.25, 0.3) is 16.9 Å². The SMILES string of the molecule is Cc1ccccc1-c1cn2ccnc2c(NCc2cccnc2)n1. The van der Waals surface area contributed by atoms with E-state index in [1.54, 1.807) is 12.4 Å². The van der Waals surface area contributed by atoms with E-state index in [0.717, 1.165) is 28.3 Å². The fourth-order valence-electron chi connectivity index (χ4n) is 2.73. The van der Waals surface area contributed by atoms with Gasteiger partial charge in [0, 0.05) is 43.1 Å². The summed E-state index contributed by atoms with van der Waals surface area (Å²) in [7, 11) is 0. The van der Waals surface area contributed by atoms with Crippen LogP contribution in [0.3, 0.4) is 0 Å². The zero-order valence-corrected chi connectivity index (χ0v) is 13.3. The Kier molecular flexibility index (Phi) is 3.67. The smallest absolute Gasteiger partial charge is 0.180 e. The monoisotopic (exact) mass is 315 g/mol. The van der Waals surface area contributed by atoms with E-state index in [9.17, 15) is 0 Å². The van der Waals surface area contributed by atoms with Gasteiger partial charge < -0.3 is 9.72 Å². The average molecular weight is 315 g/mol. The molecule has 0 saturated carbocycles. The molecule has 0 fully saturated rings. The van der Waals surface area contributed by atoms with Gasteiger partial charge in [0.1, 0.15) is 0 Å². The Balaban J connectivity index is 1.74. The normalized spacial score (nSPS) is 10.9. The summed E-state index contributed by atoms with van der Waals surface area (Å²) in [5, 5.41) is 3.39. The molecule has 0 aliphatic heterocycles. The van der Waals surface area contributed by atoms with Gasteiger partial charge in [0.25, 0.3) is 0 Å². The van der Waals surface area contributed by atoms with Crippen LogP contribution in [0.4, 0.5) is 5.82 Å². The largest absolute Gasteiger partial charge is 0.363 e. The van der Waals surface area contributed by atoms with Gasteiger partial charge in [-0.2, -0.15) is 0 Å². The highest BCUT2D eigenvalue weighted by atomic mass is 15.1. The zero-order chi connectivity index (χ0) is 16.4. The number of nitrogens with zero attached hydrogens (tertiary/aromatic N) is 4. The fourth-order valence-corrected chi connectivity index (χ4v) is 2.73. The highest BCUT2D eigenvalue weighted by Gasteiger charge is 2.10. The molecule has 4 rings (SSSR count). The molecule has 0 aliphatic carbocycles. The molecule has 1 aromatic carbocycles. The topological polar surface area (TPSA) is 55.1 Å². The molecule has 0 radical (unpaired) electrons. The van der Waals surface area contributed by atoms with E-state index in [0.29, 0.717) is 6.54 Å². The molecule has 0 saturated heterocycles. The van der Waals surface area contributed by atoms with Crippen LogP contribution in [-0.2, 0) is 6.54 Å². The number of nitrogens with one attached hydrogen (secondary N) is 1. The molecule has 0 aliphatic rings. The lowest BCUT2D eigenvalue weighted by Crippen LogP contribution is -2.05. The van der Waals surface area contributed by atoms with Crippen molar-refractivity contribution in [3.05, 3.63) is 78.5 Å². The van der Waals surface area contributed by atoms with Crippen molar-refractivity contribution in [2.45, 2.75) is 13.5 Å². The van der Waals surface area contributed by atoms with Crippen LogP contribution in [-0.4, -0.2) is 19.4 Å². The summed E-state index contributed by atoms with van der Waals surface area (Å²) in [5.41, 5.74) is 5.16. The third kappa shape index (κ3) is 2.72. The summed E-state index contributed by atoms with van der Waals surface area (Å²) >= 11 is 0. The molecule has 1 N–H and O–H groups in total. The number of rotatable bonds is 4. The summed E-state index contributed by atoms with van der Waals surface area (Å²) in [5.74, 6) is 0.768. The Morgan fingerprint density at radius 3 is 2.83 bits per heavy atom. The lowest BCUT2D eigenvalue weighted by molar-refractivity contribution is 1.06. The number of pyridine rings is 1. The average Bonchev–Trinajstić information content (AvgIpc) is 3.09. The van der Waals surface area contributed by atoms with Crippen molar-refractivity contribution >= 4 is 11.5 Å². The molecule has 0 unspecified atom stereocenters. The number of anilines is 1. The minimum atomic E-state index is 0.653. The number of aryl methyl sites for hydroxylation is 1. The molecule has 24 heavy (non-hydrogen) atoms. The Bertz CT molecular complexity index is 975. The quantitative estimate of drug-likeness (QED) is 0.624. The van der Waals surface area contributed by atoms with Crippen LogP contribution in [0, 0.1) is 6.92 Å². The first-order valence-corrected chi connectivity index (χ1v) is 7.84. The second-order valence-corrected chi connectivity index (χ2v) is 5.66. The standard InChI is InChI=1S/C19H17N5/c1-14-5-2-3-7-16(14)17-13-24-10-9-21-19(24)18(23-17)22-12-15-6-4-8-20-11-15/h2-11,13H,12H2,1H3,(H,22,23). The first kappa shape index (κ1) is 14.4. The second-order valence-electron chi connectivity index (χ2n) is 5.66. The number of imidazole rings is 1. The van der Waals surface area contributed by atoms with E-state index in [-0.39, 0.29) is 0 Å². The number of aromatic nitrogens is 4. The zero-order valence-electron chi connectivity index (χ0n) is 13.3. The van der Waals surface area contributed by atoms with Crippen molar-refractivity contribution in [3.8, 4) is 11.3 Å². The summed E-state index contributed by atoms with van der Waals surface area (Å²) in [6, 6.07) is 12.2. The molecule has 5 heteroatoms. The molecule has 4 aromatic rings. The van der Waals surface area contributed by atoms with E-state index in [4.69, 9.17) is 4.98 Å². The molecule has 0 spiro atoms. The van der Waals surface area contributed by atoms with Crippen LogP contribution in [0.2, 0.25) is 0 Å². The third-order valence-electron chi connectivity index (χ3n) is 3.98. The fraction of sp³-hybridized carbons (Fsp3) is 0.105. The van der Waals surface area contributed by atoms with Gasteiger partial charge in [0.05, 0.1) is 5.69 Å². The van der Waals surface area contributed by atoms with Crippen molar-refractivity contribution in [2.24, 2.45) is 0 Å². The Morgan fingerprint density at radius 1 is 1.08 bits per heavy atom. The first-order chi connectivity index (χ1) is 11.8. The molecular weight excluding hydrogens is 298 g/mol. The molecule has 3 aromatic heterocycles. The minimum absolute atomic E-state index is 0.653. The van der Waals surface area contributed by atoms with Crippen molar-refractivity contribution in [3.63, 3.8) is 0 Å². The number of hydrogen-bond acceptors (Lipinski definition) is 4. The highest BCUT2D eigenvalue weighted by molar-refractivity contribution is 5.70. The van der Waals surface area contributed by atoms with Crippen molar-refractivity contribution < 1.29 is 0 Å². The predicted molar refractivity (Wildman–Crippen MR) is 94.7 cm³/mol. The van der Waals surface area contributed by atoms with E-state index >= 15 is 0 Å². The van der Waals surface area contributed by atoms with Crippen molar-refractivity contribution in [1.82, 2.24) is 19.4 Å². The van der Waals surface area contributed by atoms with Gasteiger partial charge in [-0.15, -0.1) is 0 Å². The molecule has 5 nitrogen and oxygen atoms in total. The molecular formula is C19H17N5. The molecule has 0 amide bonds. The Labute approximate surface area is 140 Å². The maximum atomic E-state index is 4.80. The van der Waals surface area contributed by atoms with E-state index in [1.165, 1.54) is 5.56 Å². The maximum absolute atomic E-state index is 4.80. The summed E-state index contributed by atoms with van der Waals surface area (Å²) < 4.78 is 2.00. The van der Waals surface area contributed by atoms with E-state index in [1.807, 2.05) is 47.3 Å². The van der Waals surface area contributed by atoms with Crippen LogP contribution < -0.4 is 5.32 Å². The summed E-state index contributed by atoms with van der Waals surface area (Å²) in [6.45, 7) is 2.75. The molecule has 3 heterocycles. The van der Waals surface area contributed by atoms with Crippen LogP contribution in [0.1, 0.15) is 11.1 Å². The predicted octanol–water partition coefficient (Wildman–Crippen LogP) is 3.71. The van der Waals surface area contributed by atoms with E-state index < -0.39 is 0 Å². The van der Waals surface area contributed by atoms with Crippen molar-refractivity contribution in [2.75, 3.05) is 5.32 Å². The first-order valence-electron chi connectivity index (χ1n) is 7.84. The third-order valence-corrected chi connectivity index (χ3v) is 3.98. The number of benzene rings is 1. The minimum Gasteiger partial charge on any atom is -0.363 e. The van der Waals surface area contributed by atoms with Gasteiger partial charge in [0.15, 0.2) is 11.5 Å². The van der Waals surface area contributed by atoms with E-state index in [2.05, 4.69) is 34.3 Å². The second kappa shape index (κ2) is 6.12. The van der Waals surface area contributed by atoms with Gasteiger partial charge in [-0.3, -0.25) is 4.98 Å². The lowest BCUT2D eigenvalue weighted by Gasteiger charge is -2.11. The van der Waals surface area contributed by atoms with Gasteiger partial charge in [-0.1, -0.05) is 30.3 Å². The molecule has 0 atom stereocenters. The number of fused-ring (bicyclic) bond motifs is 1. The summed E-state index contributed by atoms with van der Waals surface area (Å²) in [6.07, 6.45) is 9.36. The van der Waals surface area contributed by atoms with Crippen LogP contribution in [0.5, 0.6) is 0 Å². The van der Waals surface area contributed by atoms with Gasteiger partial charge in [0.2, 0.25) is 0 Å². The Morgan fingerprint density at radius 2 is 2.00 bits per heavy atom. The van der Waals surface area contributed by atoms with Crippen molar-refractivity contribution in [1.29, 1.82) is 0 Å². The highest BCUT2D eigenvalue weighted by Crippen LogP contribution is 2.24. The Hall–Kier alpha value is -3.21. The lowest BCUT2D eigenvalue weighted by atomic mass is 10.1. The molecule has 0 bridgehead atoms. The van der Waals surface area contributed by atoms with Crippen LogP contribution >= 0.6 is 0 Å². The van der Waals surface area contributed by atoms with Gasteiger partial charge >= 0.3 is 0 Å². The van der Waals surface area contributed by atoms with Crippen LogP contribution in [0.15, 0.2) is 67.4 Å². The summed E-state index contributed by atoms with van der Waals surface area (Å²) in [4.78, 5) is 13.4.